The molecule has 3 aromatic carbocycles. The highest BCUT2D eigenvalue weighted by Gasteiger charge is 2.28. The van der Waals surface area contributed by atoms with Gasteiger partial charge in [-0.05, 0) is 67.9 Å². The van der Waals surface area contributed by atoms with Crippen LogP contribution >= 0.6 is 11.6 Å². The second-order valence-electron chi connectivity index (χ2n) is 7.88. The van der Waals surface area contributed by atoms with Gasteiger partial charge in [0.2, 0.25) is 11.8 Å². The lowest BCUT2D eigenvalue weighted by atomic mass is 10.2. The second kappa shape index (κ2) is 10.4. The van der Waals surface area contributed by atoms with Gasteiger partial charge in [0.1, 0.15) is 12.3 Å². The molecule has 0 atom stereocenters. The molecule has 8 nitrogen and oxygen atoms in total. The number of hydrogen-bond acceptors (Lipinski definition) is 7. The Labute approximate surface area is 209 Å². The molecule has 1 heterocycles. The first-order valence-corrected chi connectivity index (χ1v) is 12.6. The molecule has 0 bridgehead atoms. The number of aryl methyl sites for hydroxylation is 1. The van der Waals surface area contributed by atoms with E-state index < -0.39 is 10.0 Å². The Balaban J connectivity index is 1.59. The molecule has 0 aliphatic rings. The number of aromatic nitrogens is 2. The molecule has 1 aromatic heterocycles. The summed E-state index contributed by atoms with van der Waals surface area (Å²) in [5.74, 6) is 1.24. The van der Waals surface area contributed by atoms with Crippen molar-refractivity contribution in [2.24, 2.45) is 0 Å². The van der Waals surface area contributed by atoms with Gasteiger partial charge >= 0.3 is 0 Å². The molecule has 0 unspecified atom stereocenters. The standard InChI is InChI=1S/C25H25ClN4O4S/c1-17-7-13-21(14-8-17)35(31,32)30(23-6-4-5-22(26)18(23)2)16-25-29-28-24(34-25)15-27-19-9-11-20(33-3)12-10-19/h4-14,27H,15-16H2,1-3H3. The van der Waals surface area contributed by atoms with Crippen molar-refractivity contribution in [1.29, 1.82) is 0 Å². The lowest BCUT2D eigenvalue weighted by Crippen LogP contribution is -2.31. The minimum atomic E-state index is -3.94. The zero-order valence-electron chi connectivity index (χ0n) is 19.5. The van der Waals surface area contributed by atoms with E-state index in [0.29, 0.717) is 22.2 Å². The van der Waals surface area contributed by atoms with E-state index in [2.05, 4.69) is 15.5 Å². The molecule has 0 aliphatic heterocycles. The number of ether oxygens (including phenoxy) is 1. The van der Waals surface area contributed by atoms with Gasteiger partial charge in [0, 0.05) is 10.7 Å². The van der Waals surface area contributed by atoms with Crippen molar-refractivity contribution in [1.82, 2.24) is 10.2 Å². The van der Waals surface area contributed by atoms with Crippen LogP contribution < -0.4 is 14.4 Å². The number of rotatable bonds is 9. The molecular weight excluding hydrogens is 488 g/mol. The Morgan fingerprint density at radius 1 is 0.971 bits per heavy atom. The van der Waals surface area contributed by atoms with Crippen molar-refractivity contribution < 1.29 is 17.6 Å². The van der Waals surface area contributed by atoms with Crippen LogP contribution in [0.25, 0.3) is 0 Å². The average molecular weight is 513 g/mol. The lowest BCUT2D eigenvalue weighted by molar-refractivity contribution is 0.415. The monoisotopic (exact) mass is 512 g/mol. The fourth-order valence-corrected chi connectivity index (χ4v) is 5.08. The van der Waals surface area contributed by atoms with Crippen LogP contribution in [0.15, 0.2) is 76.0 Å². The smallest absolute Gasteiger partial charge is 0.264 e. The molecule has 10 heteroatoms. The lowest BCUT2D eigenvalue weighted by Gasteiger charge is -2.25. The zero-order chi connectivity index (χ0) is 25.0. The third kappa shape index (κ3) is 5.58. The largest absolute Gasteiger partial charge is 0.497 e. The van der Waals surface area contributed by atoms with Crippen molar-refractivity contribution in [2.75, 3.05) is 16.7 Å². The number of anilines is 2. The summed E-state index contributed by atoms with van der Waals surface area (Å²) >= 11 is 6.31. The molecule has 1 N–H and O–H groups in total. The van der Waals surface area contributed by atoms with Crippen LogP contribution in [0, 0.1) is 13.8 Å². The zero-order valence-corrected chi connectivity index (χ0v) is 21.1. The first-order chi connectivity index (χ1) is 16.8. The van der Waals surface area contributed by atoms with E-state index in [1.165, 1.54) is 4.31 Å². The highest BCUT2D eigenvalue weighted by Crippen LogP contribution is 2.32. The first-order valence-electron chi connectivity index (χ1n) is 10.8. The van der Waals surface area contributed by atoms with Gasteiger partial charge in [-0.25, -0.2) is 8.42 Å². The summed E-state index contributed by atoms with van der Waals surface area (Å²) in [4.78, 5) is 0.156. The summed E-state index contributed by atoms with van der Waals surface area (Å²) < 4.78 is 39.5. The molecule has 0 amide bonds. The predicted molar refractivity (Wildman–Crippen MR) is 135 cm³/mol. The minimum absolute atomic E-state index is 0.146. The molecule has 4 rings (SSSR count). The van der Waals surface area contributed by atoms with E-state index in [-0.39, 0.29) is 23.9 Å². The van der Waals surface area contributed by atoms with Crippen molar-refractivity contribution in [3.05, 3.63) is 94.7 Å². The van der Waals surface area contributed by atoms with E-state index in [1.807, 2.05) is 31.2 Å². The van der Waals surface area contributed by atoms with Crippen LogP contribution in [0.2, 0.25) is 5.02 Å². The quantitative estimate of drug-likeness (QED) is 0.322. The number of methoxy groups -OCH3 is 1. The molecule has 182 valence electrons. The number of sulfonamides is 1. The molecule has 0 aliphatic carbocycles. The van der Waals surface area contributed by atoms with E-state index in [0.717, 1.165) is 17.0 Å². The van der Waals surface area contributed by atoms with Crippen LogP contribution in [-0.4, -0.2) is 25.7 Å². The van der Waals surface area contributed by atoms with Crippen molar-refractivity contribution >= 4 is 33.0 Å². The third-order valence-corrected chi connectivity index (χ3v) is 7.62. The van der Waals surface area contributed by atoms with Gasteiger partial charge in [-0.3, -0.25) is 4.31 Å². The summed E-state index contributed by atoms with van der Waals surface area (Å²) in [6.45, 7) is 3.80. The summed E-state index contributed by atoms with van der Waals surface area (Å²) in [5.41, 5.74) is 2.88. The minimum Gasteiger partial charge on any atom is -0.497 e. The summed E-state index contributed by atoms with van der Waals surface area (Å²) in [7, 11) is -2.33. The van der Waals surface area contributed by atoms with Gasteiger partial charge in [0.15, 0.2) is 0 Å². The van der Waals surface area contributed by atoms with Gasteiger partial charge in [-0.15, -0.1) is 10.2 Å². The Morgan fingerprint density at radius 3 is 2.34 bits per heavy atom. The maximum atomic E-state index is 13.7. The van der Waals surface area contributed by atoms with Crippen LogP contribution in [0.4, 0.5) is 11.4 Å². The Bertz CT molecular complexity index is 1400. The average Bonchev–Trinajstić information content (AvgIpc) is 3.31. The van der Waals surface area contributed by atoms with E-state index >= 15 is 0 Å². The van der Waals surface area contributed by atoms with Gasteiger partial charge in [-0.2, -0.15) is 0 Å². The maximum Gasteiger partial charge on any atom is 0.264 e. The number of hydrogen-bond donors (Lipinski definition) is 1. The van der Waals surface area contributed by atoms with E-state index in [9.17, 15) is 8.42 Å². The van der Waals surface area contributed by atoms with Crippen molar-refractivity contribution in [3.8, 4) is 5.75 Å². The van der Waals surface area contributed by atoms with E-state index in [1.54, 1.807) is 56.5 Å². The van der Waals surface area contributed by atoms with Crippen LogP contribution in [-0.2, 0) is 23.1 Å². The Hall–Kier alpha value is -3.56. The number of benzene rings is 3. The molecule has 0 fully saturated rings. The molecular formula is C25H25ClN4O4S. The summed E-state index contributed by atoms with van der Waals surface area (Å²) in [5, 5.41) is 11.8. The molecule has 4 aromatic rings. The van der Waals surface area contributed by atoms with Crippen LogP contribution in [0.5, 0.6) is 5.75 Å². The van der Waals surface area contributed by atoms with Gasteiger partial charge in [-0.1, -0.05) is 35.4 Å². The first kappa shape index (κ1) is 24.6. The summed E-state index contributed by atoms with van der Waals surface area (Å²) in [6, 6.07) is 19.2. The molecule has 0 spiro atoms. The summed E-state index contributed by atoms with van der Waals surface area (Å²) in [6.07, 6.45) is 0. The Kier molecular flexibility index (Phi) is 7.28. The highest BCUT2D eigenvalue weighted by atomic mass is 35.5. The molecule has 0 saturated carbocycles. The number of nitrogens with zero attached hydrogens (tertiary/aromatic N) is 3. The Morgan fingerprint density at radius 2 is 1.66 bits per heavy atom. The highest BCUT2D eigenvalue weighted by molar-refractivity contribution is 7.92. The van der Waals surface area contributed by atoms with Crippen molar-refractivity contribution in [3.63, 3.8) is 0 Å². The molecule has 35 heavy (non-hydrogen) atoms. The number of nitrogens with one attached hydrogen (secondary N) is 1. The fraction of sp³-hybridized carbons (Fsp3) is 0.200. The second-order valence-corrected chi connectivity index (χ2v) is 10.1. The van der Waals surface area contributed by atoms with E-state index in [4.69, 9.17) is 20.8 Å². The van der Waals surface area contributed by atoms with Gasteiger partial charge in [0.05, 0.1) is 24.2 Å². The maximum absolute atomic E-state index is 13.7. The topological polar surface area (TPSA) is 97.6 Å². The SMILES string of the molecule is COc1ccc(NCc2nnc(CN(c3cccc(Cl)c3C)S(=O)(=O)c3ccc(C)cc3)o2)cc1. The molecule has 0 radical (unpaired) electrons. The predicted octanol–water partition coefficient (Wildman–Crippen LogP) is 5.36. The van der Waals surface area contributed by atoms with Crippen molar-refractivity contribution in [2.45, 2.75) is 31.8 Å². The number of halogens is 1. The van der Waals surface area contributed by atoms with Crippen LogP contribution in [0.1, 0.15) is 22.9 Å². The fourth-order valence-electron chi connectivity index (χ4n) is 3.44. The van der Waals surface area contributed by atoms with Crippen LogP contribution in [0.3, 0.4) is 0 Å². The van der Waals surface area contributed by atoms with Gasteiger partial charge < -0.3 is 14.5 Å². The van der Waals surface area contributed by atoms with Gasteiger partial charge in [0.25, 0.3) is 10.0 Å². The molecule has 0 saturated heterocycles. The normalized spacial score (nSPS) is 11.3. The third-order valence-electron chi connectivity index (χ3n) is 5.44.